The van der Waals surface area contributed by atoms with Crippen molar-refractivity contribution < 1.29 is 9.32 Å². The van der Waals surface area contributed by atoms with E-state index >= 15 is 0 Å². The fourth-order valence-electron chi connectivity index (χ4n) is 3.99. The molecule has 3 rings (SSSR count). The van der Waals surface area contributed by atoms with E-state index in [-0.39, 0.29) is 11.1 Å². The number of likely N-dealkylation sites (N-methyl/N-ethyl adjacent to an activating group) is 1. The molecule has 2 aliphatic heterocycles. The van der Waals surface area contributed by atoms with Gasteiger partial charge in [0.05, 0.1) is 12.1 Å². The van der Waals surface area contributed by atoms with E-state index in [4.69, 9.17) is 16.1 Å². The number of carbonyl (C=O) groups is 1. The van der Waals surface area contributed by atoms with Crippen LogP contribution in [0, 0.1) is 6.92 Å². The molecular weight excluding hydrogens is 302 g/mol. The molecule has 3 heterocycles. The van der Waals surface area contributed by atoms with Crippen LogP contribution in [0.5, 0.6) is 0 Å². The first kappa shape index (κ1) is 15.8. The molecule has 22 heavy (non-hydrogen) atoms. The van der Waals surface area contributed by atoms with Gasteiger partial charge in [-0.15, -0.1) is 0 Å². The van der Waals surface area contributed by atoms with Gasteiger partial charge in [0.1, 0.15) is 0 Å². The lowest BCUT2D eigenvalue weighted by molar-refractivity contribution is -0.132. The van der Waals surface area contributed by atoms with E-state index in [2.05, 4.69) is 21.9 Å². The van der Waals surface area contributed by atoms with E-state index in [0.29, 0.717) is 24.2 Å². The maximum Gasteiger partial charge on any atom is 0.229 e. The summed E-state index contributed by atoms with van der Waals surface area (Å²) in [7, 11) is 0. The zero-order valence-electron chi connectivity index (χ0n) is 13.3. The average molecular weight is 326 g/mol. The number of aromatic nitrogens is 1. The topological polar surface area (TPSA) is 49.6 Å². The van der Waals surface area contributed by atoms with Crippen molar-refractivity contribution in [2.24, 2.45) is 0 Å². The monoisotopic (exact) mass is 325 g/mol. The standard InChI is InChI=1S/C16H24ClN3O2/c1-3-19-8-4-6-13(19)14-7-5-9-20(14)15(21)10-12-11(2)18-22-16(12)17/h13-14H,3-10H2,1-2H3/t13-,14-/m1/s1. The molecular formula is C16H24ClN3O2. The first-order valence-corrected chi connectivity index (χ1v) is 8.63. The highest BCUT2D eigenvalue weighted by molar-refractivity contribution is 6.29. The van der Waals surface area contributed by atoms with Gasteiger partial charge in [-0.05, 0) is 57.3 Å². The molecule has 0 aromatic carbocycles. The van der Waals surface area contributed by atoms with Crippen LogP contribution in [0.1, 0.15) is 43.9 Å². The Labute approximate surface area is 136 Å². The number of likely N-dealkylation sites (tertiary alicyclic amines) is 2. The van der Waals surface area contributed by atoms with E-state index in [0.717, 1.165) is 38.0 Å². The molecule has 2 fully saturated rings. The Hall–Kier alpha value is -1.07. The van der Waals surface area contributed by atoms with Crippen molar-refractivity contribution >= 4 is 17.5 Å². The second-order valence-corrected chi connectivity index (χ2v) is 6.68. The maximum absolute atomic E-state index is 12.8. The normalized spacial score (nSPS) is 26.0. The lowest BCUT2D eigenvalue weighted by atomic mass is 10.0. The second kappa shape index (κ2) is 6.59. The number of nitrogens with zero attached hydrogens (tertiary/aromatic N) is 3. The first-order chi connectivity index (χ1) is 10.6. The summed E-state index contributed by atoms with van der Waals surface area (Å²) in [5.41, 5.74) is 1.45. The van der Waals surface area contributed by atoms with Gasteiger partial charge < -0.3 is 9.42 Å². The molecule has 6 heteroatoms. The Balaban J connectivity index is 1.71. The summed E-state index contributed by atoms with van der Waals surface area (Å²) in [5, 5.41) is 4.08. The quantitative estimate of drug-likeness (QED) is 0.854. The van der Waals surface area contributed by atoms with E-state index in [1.54, 1.807) is 0 Å². The van der Waals surface area contributed by atoms with Crippen molar-refractivity contribution in [3.8, 4) is 0 Å². The third-order valence-corrected chi connectivity index (χ3v) is 5.45. The zero-order valence-corrected chi connectivity index (χ0v) is 14.1. The van der Waals surface area contributed by atoms with Crippen molar-refractivity contribution in [3.63, 3.8) is 0 Å². The molecule has 122 valence electrons. The minimum Gasteiger partial charge on any atom is -0.344 e. The van der Waals surface area contributed by atoms with Crippen molar-refractivity contribution in [3.05, 3.63) is 16.5 Å². The fourth-order valence-corrected chi connectivity index (χ4v) is 4.23. The number of rotatable bonds is 4. The van der Waals surface area contributed by atoms with E-state index < -0.39 is 0 Å². The molecule has 2 aliphatic rings. The highest BCUT2D eigenvalue weighted by Crippen LogP contribution is 2.31. The minimum absolute atomic E-state index is 0.152. The summed E-state index contributed by atoms with van der Waals surface area (Å²) in [4.78, 5) is 17.4. The fraction of sp³-hybridized carbons (Fsp3) is 0.750. The van der Waals surface area contributed by atoms with Gasteiger partial charge in [0, 0.05) is 24.2 Å². The maximum atomic E-state index is 12.8. The van der Waals surface area contributed by atoms with E-state index in [1.165, 1.54) is 12.8 Å². The Morgan fingerprint density at radius 2 is 2.05 bits per heavy atom. The van der Waals surface area contributed by atoms with Crippen LogP contribution in [0.2, 0.25) is 5.22 Å². The summed E-state index contributed by atoms with van der Waals surface area (Å²) in [6.07, 6.45) is 4.95. The predicted molar refractivity (Wildman–Crippen MR) is 85.0 cm³/mol. The average Bonchev–Trinajstić information content (AvgIpc) is 3.21. The molecule has 0 N–H and O–H groups in total. The Bertz CT molecular complexity index is 526. The molecule has 0 saturated carbocycles. The molecule has 5 nitrogen and oxygen atoms in total. The molecule has 1 aromatic rings. The van der Waals surface area contributed by atoms with Crippen LogP contribution in [-0.2, 0) is 11.2 Å². The number of hydrogen-bond acceptors (Lipinski definition) is 4. The third-order valence-electron chi connectivity index (χ3n) is 5.15. The van der Waals surface area contributed by atoms with Gasteiger partial charge in [0.2, 0.25) is 11.1 Å². The minimum atomic E-state index is 0.152. The third kappa shape index (κ3) is 2.88. The van der Waals surface area contributed by atoms with Crippen LogP contribution < -0.4 is 0 Å². The van der Waals surface area contributed by atoms with Gasteiger partial charge in [0.15, 0.2) is 0 Å². The molecule has 1 amide bonds. The van der Waals surface area contributed by atoms with Crippen LogP contribution >= 0.6 is 11.6 Å². The summed E-state index contributed by atoms with van der Waals surface area (Å²) in [6, 6.07) is 0.879. The second-order valence-electron chi connectivity index (χ2n) is 6.33. The van der Waals surface area contributed by atoms with Gasteiger partial charge in [0.25, 0.3) is 0 Å². The molecule has 2 atom stereocenters. The highest BCUT2D eigenvalue weighted by atomic mass is 35.5. The number of aryl methyl sites for hydroxylation is 1. The van der Waals surface area contributed by atoms with Gasteiger partial charge >= 0.3 is 0 Å². The number of halogens is 1. The lowest BCUT2D eigenvalue weighted by Crippen LogP contribution is -2.48. The van der Waals surface area contributed by atoms with E-state index in [1.807, 2.05) is 6.92 Å². The van der Waals surface area contributed by atoms with Crippen LogP contribution in [0.3, 0.4) is 0 Å². The smallest absolute Gasteiger partial charge is 0.229 e. The predicted octanol–water partition coefficient (Wildman–Crippen LogP) is 2.65. The Kier molecular flexibility index (Phi) is 4.73. The number of hydrogen-bond donors (Lipinski definition) is 0. The van der Waals surface area contributed by atoms with Crippen molar-refractivity contribution in [2.45, 2.75) is 58.0 Å². The summed E-state index contributed by atoms with van der Waals surface area (Å²) < 4.78 is 4.96. The molecule has 1 aromatic heterocycles. The van der Waals surface area contributed by atoms with Crippen molar-refractivity contribution in [1.82, 2.24) is 15.0 Å². The molecule has 0 unspecified atom stereocenters. The summed E-state index contributed by atoms with van der Waals surface area (Å²) >= 11 is 6.00. The Morgan fingerprint density at radius 3 is 2.73 bits per heavy atom. The van der Waals surface area contributed by atoms with Crippen LogP contribution in [-0.4, -0.2) is 52.6 Å². The Morgan fingerprint density at radius 1 is 1.32 bits per heavy atom. The molecule has 0 spiro atoms. The van der Waals surface area contributed by atoms with Gasteiger partial charge in [-0.25, -0.2) is 0 Å². The van der Waals surface area contributed by atoms with Crippen molar-refractivity contribution in [2.75, 3.05) is 19.6 Å². The number of amides is 1. The van der Waals surface area contributed by atoms with Crippen molar-refractivity contribution in [1.29, 1.82) is 0 Å². The number of carbonyl (C=O) groups excluding carboxylic acids is 1. The SMILES string of the molecule is CCN1CCC[C@@H]1[C@H]1CCCN1C(=O)Cc1c(C)noc1Cl. The van der Waals surface area contributed by atoms with Gasteiger partial charge in [-0.2, -0.15) is 0 Å². The highest BCUT2D eigenvalue weighted by Gasteiger charge is 2.39. The largest absolute Gasteiger partial charge is 0.344 e. The van der Waals surface area contributed by atoms with Crippen LogP contribution in [0.4, 0.5) is 0 Å². The summed E-state index contributed by atoms with van der Waals surface area (Å²) in [5.74, 6) is 0.152. The van der Waals surface area contributed by atoms with Gasteiger partial charge in [-0.1, -0.05) is 12.1 Å². The summed E-state index contributed by atoms with van der Waals surface area (Å²) in [6.45, 7) is 7.13. The van der Waals surface area contributed by atoms with Gasteiger partial charge in [-0.3, -0.25) is 9.69 Å². The lowest BCUT2D eigenvalue weighted by Gasteiger charge is -2.34. The van der Waals surface area contributed by atoms with Crippen LogP contribution in [0.25, 0.3) is 0 Å². The van der Waals surface area contributed by atoms with Crippen LogP contribution in [0.15, 0.2) is 4.52 Å². The molecule has 0 bridgehead atoms. The molecule has 0 radical (unpaired) electrons. The molecule has 0 aliphatic carbocycles. The molecule has 2 saturated heterocycles. The van der Waals surface area contributed by atoms with E-state index in [9.17, 15) is 4.79 Å². The first-order valence-electron chi connectivity index (χ1n) is 8.26. The zero-order chi connectivity index (χ0) is 15.7.